The Bertz CT molecular complexity index is 3520. The molecule has 0 radical (unpaired) electrons. The lowest BCUT2D eigenvalue weighted by Gasteiger charge is -2.28. The van der Waals surface area contributed by atoms with Gasteiger partial charge in [0.05, 0.1) is 34.3 Å². The number of fused-ring (bicyclic) bond motifs is 10. The lowest BCUT2D eigenvalue weighted by atomic mass is 9.91. The van der Waals surface area contributed by atoms with Crippen LogP contribution in [0.3, 0.4) is 0 Å². The molecule has 0 saturated carbocycles. The standard InChI is InChI=1S/C56H39N7/c1-3-17-36(18-4-1)54-58-55(37-19-5-2-6-20-37)60-56(59-54)63-50-31-14-10-26-43(50)45-34-33-44-42-25-9-11-28-47(42)61(52(44)53(45)63)39-22-15-21-38(35-39)46-27-16-32-51(57-46)62-48-29-12-7-23-40(48)41-24-8-13-30-49(41)62/h1-34,39-40,48H,35H2. The molecule has 1 aliphatic heterocycles. The van der Waals surface area contributed by atoms with Gasteiger partial charge in [-0.2, -0.15) is 9.97 Å². The second-order valence-corrected chi connectivity index (χ2v) is 16.6. The Kier molecular flexibility index (Phi) is 8.03. The maximum Gasteiger partial charge on any atom is 0.238 e. The van der Waals surface area contributed by atoms with Gasteiger partial charge in [-0.15, -0.1) is 0 Å². The summed E-state index contributed by atoms with van der Waals surface area (Å²) in [6.07, 6.45) is 16.5. The largest absolute Gasteiger partial charge is 0.331 e. The van der Waals surface area contributed by atoms with Crippen LogP contribution in [-0.4, -0.2) is 35.1 Å². The van der Waals surface area contributed by atoms with Crippen LogP contribution < -0.4 is 4.90 Å². The quantitative estimate of drug-likeness (QED) is 0.167. The van der Waals surface area contributed by atoms with Crippen LogP contribution in [0.5, 0.6) is 0 Å². The number of anilines is 2. The summed E-state index contributed by atoms with van der Waals surface area (Å²) in [4.78, 5) is 23.5. The van der Waals surface area contributed by atoms with Crippen molar-refractivity contribution in [2.45, 2.75) is 24.4 Å². The van der Waals surface area contributed by atoms with Gasteiger partial charge in [-0.25, -0.2) is 9.97 Å². The van der Waals surface area contributed by atoms with Gasteiger partial charge in [-0.05, 0) is 47.9 Å². The molecule has 5 heterocycles. The van der Waals surface area contributed by atoms with Gasteiger partial charge in [0, 0.05) is 49.8 Å². The summed E-state index contributed by atoms with van der Waals surface area (Å²) in [7, 11) is 0. The number of aromatic nitrogens is 6. The first-order chi connectivity index (χ1) is 31.3. The number of pyridine rings is 1. The third-order valence-electron chi connectivity index (χ3n) is 13.1. The molecule has 7 heteroatoms. The molecule has 2 aliphatic carbocycles. The van der Waals surface area contributed by atoms with Gasteiger partial charge in [0.25, 0.3) is 0 Å². The van der Waals surface area contributed by atoms with Crippen molar-refractivity contribution in [2.24, 2.45) is 0 Å². The van der Waals surface area contributed by atoms with Gasteiger partial charge in [0.15, 0.2) is 11.6 Å². The SMILES string of the molecule is C1=CC2c3ccccc3N(c3cccc(C4=CC=CC(n5c6ccccc6c6ccc7c8ccccc8n(-c8nc(-c9ccccc9)nc(-c9ccccc9)n8)c7c65)C4)n3)C2C=C1. The first kappa shape index (κ1) is 35.6. The first-order valence-electron chi connectivity index (χ1n) is 21.7. The third kappa shape index (κ3) is 5.59. The molecule has 0 bridgehead atoms. The van der Waals surface area contributed by atoms with Crippen molar-refractivity contribution in [1.82, 2.24) is 29.1 Å². The minimum atomic E-state index is -0.00338. The van der Waals surface area contributed by atoms with Gasteiger partial charge in [0.2, 0.25) is 5.95 Å². The summed E-state index contributed by atoms with van der Waals surface area (Å²) in [5, 5.41) is 4.68. The number of hydrogen-bond donors (Lipinski definition) is 0. The molecule has 63 heavy (non-hydrogen) atoms. The number of hydrogen-bond acceptors (Lipinski definition) is 5. The molecule has 0 fully saturated rings. The minimum Gasteiger partial charge on any atom is -0.331 e. The summed E-state index contributed by atoms with van der Waals surface area (Å²) in [5.74, 6) is 3.09. The molecular weight excluding hydrogens is 771 g/mol. The zero-order valence-electron chi connectivity index (χ0n) is 34.2. The highest BCUT2D eigenvalue weighted by atomic mass is 15.2. The molecule has 4 aromatic heterocycles. The van der Waals surface area contributed by atoms with Crippen LogP contribution in [-0.2, 0) is 0 Å². The lowest BCUT2D eigenvalue weighted by Crippen LogP contribution is -2.29. The van der Waals surface area contributed by atoms with E-state index < -0.39 is 0 Å². The summed E-state index contributed by atoms with van der Waals surface area (Å²) < 4.78 is 4.82. The second kappa shape index (κ2) is 14.2. The summed E-state index contributed by atoms with van der Waals surface area (Å²) in [6, 6.07) is 57.8. The molecule has 298 valence electrons. The Morgan fingerprint density at radius 1 is 0.476 bits per heavy atom. The molecule has 7 nitrogen and oxygen atoms in total. The van der Waals surface area contributed by atoms with E-state index in [1.54, 1.807) is 0 Å². The van der Waals surface area contributed by atoms with Gasteiger partial charge < -0.3 is 9.47 Å². The smallest absolute Gasteiger partial charge is 0.238 e. The van der Waals surface area contributed by atoms with E-state index in [1.165, 1.54) is 33.1 Å². The van der Waals surface area contributed by atoms with Crippen LogP contribution in [0.2, 0.25) is 0 Å². The fraction of sp³-hybridized carbons (Fsp3) is 0.0714. The van der Waals surface area contributed by atoms with Crippen LogP contribution in [0.25, 0.3) is 77.9 Å². The highest BCUT2D eigenvalue weighted by Crippen LogP contribution is 2.48. The molecule has 3 unspecified atom stereocenters. The summed E-state index contributed by atoms with van der Waals surface area (Å²) in [6.45, 7) is 0. The molecular formula is C56H39N7. The maximum absolute atomic E-state index is 5.44. The zero-order valence-corrected chi connectivity index (χ0v) is 34.2. The van der Waals surface area contributed by atoms with E-state index in [9.17, 15) is 0 Å². The second-order valence-electron chi connectivity index (χ2n) is 16.6. The number of allylic oxidation sites excluding steroid dienone is 6. The third-order valence-corrected chi connectivity index (χ3v) is 13.1. The van der Waals surface area contributed by atoms with E-state index in [2.05, 4.69) is 184 Å². The Morgan fingerprint density at radius 3 is 1.90 bits per heavy atom. The number of benzene rings is 6. The summed E-state index contributed by atoms with van der Waals surface area (Å²) in [5.41, 5.74) is 11.0. The fourth-order valence-corrected chi connectivity index (χ4v) is 10.3. The number of rotatable bonds is 6. The van der Waals surface area contributed by atoms with Gasteiger partial charge in [-0.1, -0.05) is 176 Å². The zero-order chi connectivity index (χ0) is 41.4. The highest BCUT2D eigenvalue weighted by molar-refractivity contribution is 6.23. The molecule has 0 amide bonds. The van der Waals surface area contributed by atoms with E-state index in [4.69, 9.17) is 19.9 Å². The van der Waals surface area contributed by atoms with E-state index in [-0.39, 0.29) is 12.1 Å². The monoisotopic (exact) mass is 809 g/mol. The Morgan fingerprint density at radius 2 is 1.13 bits per heavy atom. The van der Waals surface area contributed by atoms with Crippen LogP contribution in [0.15, 0.2) is 206 Å². The van der Waals surface area contributed by atoms with Crippen molar-refractivity contribution in [3.8, 4) is 28.7 Å². The van der Waals surface area contributed by atoms with Crippen molar-refractivity contribution < 1.29 is 0 Å². The normalized spacial score (nSPS) is 17.8. The first-order valence-corrected chi connectivity index (χ1v) is 21.7. The Hall–Kier alpha value is -8.16. The highest BCUT2D eigenvalue weighted by Gasteiger charge is 2.38. The molecule has 3 aliphatic rings. The fourth-order valence-electron chi connectivity index (χ4n) is 10.3. The van der Waals surface area contributed by atoms with E-state index in [1.807, 2.05) is 36.4 Å². The van der Waals surface area contributed by atoms with Gasteiger partial charge in [-0.3, -0.25) is 4.57 Å². The van der Waals surface area contributed by atoms with Crippen molar-refractivity contribution in [3.63, 3.8) is 0 Å². The predicted octanol–water partition coefficient (Wildman–Crippen LogP) is 13.1. The molecule has 6 aromatic carbocycles. The van der Waals surface area contributed by atoms with E-state index in [0.29, 0.717) is 23.5 Å². The molecule has 3 atom stereocenters. The number of nitrogens with zero attached hydrogens (tertiary/aromatic N) is 7. The van der Waals surface area contributed by atoms with Crippen LogP contribution >= 0.6 is 0 Å². The molecule has 10 aromatic rings. The lowest BCUT2D eigenvalue weighted by molar-refractivity contribution is 0.655. The van der Waals surface area contributed by atoms with Crippen molar-refractivity contribution in [1.29, 1.82) is 0 Å². The van der Waals surface area contributed by atoms with Crippen LogP contribution in [0.1, 0.15) is 29.6 Å². The van der Waals surface area contributed by atoms with Crippen LogP contribution in [0.4, 0.5) is 11.5 Å². The number of para-hydroxylation sites is 3. The van der Waals surface area contributed by atoms with Crippen molar-refractivity contribution >= 4 is 60.7 Å². The topological polar surface area (TPSA) is 64.7 Å². The minimum absolute atomic E-state index is 0.00338. The van der Waals surface area contributed by atoms with Crippen molar-refractivity contribution in [3.05, 3.63) is 218 Å². The average Bonchev–Trinajstić information content (AvgIpc) is 4.00. The maximum atomic E-state index is 5.44. The molecule has 0 spiro atoms. The predicted molar refractivity (Wildman–Crippen MR) is 256 cm³/mol. The summed E-state index contributed by atoms with van der Waals surface area (Å²) >= 11 is 0. The van der Waals surface area contributed by atoms with Gasteiger partial charge in [0.1, 0.15) is 5.82 Å². The van der Waals surface area contributed by atoms with Crippen LogP contribution in [0, 0.1) is 0 Å². The van der Waals surface area contributed by atoms with Gasteiger partial charge >= 0.3 is 0 Å². The Balaban J connectivity index is 0.997. The van der Waals surface area contributed by atoms with E-state index in [0.717, 1.165) is 56.4 Å². The average molecular weight is 810 g/mol. The van der Waals surface area contributed by atoms with Crippen molar-refractivity contribution in [2.75, 3.05) is 4.90 Å². The Labute approximate surface area is 364 Å². The van der Waals surface area contributed by atoms with E-state index >= 15 is 0 Å². The molecule has 13 rings (SSSR count). The molecule has 0 saturated heterocycles. The molecule has 0 N–H and O–H groups in total.